The zero-order valence-corrected chi connectivity index (χ0v) is 21.0. The maximum atomic E-state index is 12.6. The van der Waals surface area contributed by atoms with Crippen LogP contribution in [0.5, 0.6) is 5.75 Å². The van der Waals surface area contributed by atoms with E-state index in [1.165, 1.54) is 6.92 Å². The quantitative estimate of drug-likeness (QED) is 0.356. The Hall–Kier alpha value is -3.84. The summed E-state index contributed by atoms with van der Waals surface area (Å²) in [4.78, 5) is 34.0. The lowest BCUT2D eigenvalue weighted by atomic mass is 9.86. The van der Waals surface area contributed by atoms with Crippen LogP contribution in [0, 0.1) is 6.92 Å². The molecule has 7 nitrogen and oxygen atoms in total. The molecular formula is C29H28N2O5. The number of fused-ring (bicyclic) bond motifs is 1. The lowest BCUT2D eigenvalue weighted by molar-refractivity contribution is -0.160. The van der Waals surface area contributed by atoms with Gasteiger partial charge in [-0.05, 0) is 80.8 Å². The minimum Gasteiger partial charge on any atom is -0.493 e. The average Bonchev–Trinajstić information content (AvgIpc) is 2.81. The number of ether oxygens (including phenoxy) is 2. The fourth-order valence-electron chi connectivity index (χ4n) is 4.94. The highest BCUT2D eigenvalue weighted by atomic mass is 16.5. The third-order valence-corrected chi connectivity index (χ3v) is 6.40. The van der Waals surface area contributed by atoms with Gasteiger partial charge >= 0.3 is 5.97 Å². The Labute approximate surface area is 209 Å². The summed E-state index contributed by atoms with van der Waals surface area (Å²) in [5.74, 6) is -0.458. The van der Waals surface area contributed by atoms with Gasteiger partial charge in [0.2, 0.25) is 0 Å². The summed E-state index contributed by atoms with van der Waals surface area (Å²) in [6, 6.07) is 11.2. The second-order valence-electron chi connectivity index (χ2n) is 10.2. The lowest BCUT2D eigenvalue weighted by Gasteiger charge is -2.29. The van der Waals surface area contributed by atoms with Crippen LogP contribution in [-0.2, 0) is 16.0 Å². The maximum Gasteiger partial charge on any atom is 0.337 e. The van der Waals surface area contributed by atoms with Crippen LogP contribution in [0.1, 0.15) is 61.0 Å². The standard InChI is InChI=1S/C29H28N2O5/c1-15-14-21-18(6-8-20(31-21)16(2)32)25(23(15)27(28(33)34)36-29(3,4)5)19-7-9-22-24-17(11-13-35-22)10-12-30-26(19)24/h6-10,12,14,27H,11,13H2,1-5H3,(H,33,34)/t27-/m0/s1. The molecule has 184 valence electrons. The third kappa shape index (κ3) is 4.09. The number of carbonyl (C=O) groups is 2. The predicted octanol–water partition coefficient (Wildman–Crippen LogP) is 5.84. The van der Waals surface area contributed by atoms with E-state index in [0.717, 1.165) is 39.6 Å². The Kier molecular flexibility index (Phi) is 5.75. The molecule has 1 N–H and O–H groups in total. The van der Waals surface area contributed by atoms with Gasteiger partial charge in [-0.1, -0.05) is 0 Å². The number of hydrogen-bond acceptors (Lipinski definition) is 6. The highest BCUT2D eigenvalue weighted by Gasteiger charge is 2.33. The van der Waals surface area contributed by atoms with Gasteiger partial charge in [-0.3, -0.25) is 9.78 Å². The van der Waals surface area contributed by atoms with Crippen molar-refractivity contribution in [2.24, 2.45) is 0 Å². The zero-order valence-electron chi connectivity index (χ0n) is 21.0. The number of aryl methyl sites for hydroxylation is 1. The summed E-state index contributed by atoms with van der Waals surface area (Å²) >= 11 is 0. The van der Waals surface area contributed by atoms with E-state index < -0.39 is 17.7 Å². The number of ketones is 1. The molecule has 0 radical (unpaired) electrons. The predicted molar refractivity (Wildman–Crippen MR) is 138 cm³/mol. The molecule has 36 heavy (non-hydrogen) atoms. The van der Waals surface area contributed by atoms with E-state index in [9.17, 15) is 14.7 Å². The van der Waals surface area contributed by atoms with E-state index in [4.69, 9.17) is 14.5 Å². The van der Waals surface area contributed by atoms with Crippen LogP contribution in [0.3, 0.4) is 0 Å². The number of benzene rings is 2. The third-order valence-electron chi connectivity index (χ3n) is 6.40. The minimum absolute atomic E-state index is 0.139. The molecule has 0 unspecified atom stereocenters. The first kappa shape index (κ1) is 23.9. The second-order valence-corrected chi connectivity index (χ2v) is 10.2. The number of hydrogen-bond donors (Lipinski definition) is 1. The Morgan fingerprint density at radius 1 is 1.14 bits per heavy atom. The first-order valence-corrected chi connectivity index (χ1v) is 11.9. The van der Waals surface area contributed by atoms with Gasteiger partial charge in [-0.25, -0.2) is 9.78 Å². The van der Waals surface area contributed by atoms with Crippen LogP contribution in [-0.4, -0.2) is 39.0 Å². The number of aliphatic carboxylic acids is 1. The van der Waals surface area contributed by atoms with Crippen molar-refractivity contribution in [2.45, 2.75) is 52.7 Å². The van der Waals surface area contributed by atoms with Crippen molar-refractivity contribution in [1.29, 1.82) is 0 Å². The molecule has 3 heterocycles. The van der Waals surface area contributed by atoms with E-state index in [1.54, 1.807) is 12.3 Å². The van der Waals surface area contributed by atoms with Crippen molar-refractivity contribution in [1.82, 2.24) is 9.97 Å². The van der Waals surface area contributed by atoms with Gasteiger partial charge in [0.1, 0.15) is 11.4 Å². The van der Waals surface area contributed by atoms with Gasteiger partial charge in [0.15, 0.2) is 11.9 Å². The van der Waals surface area contributed by atoms with Crippen LogP contribution in [0.25, 0.3) is 32.9 Å². The van der Waals surface area contributed by atoms with Crippen molar-refractivity contribution in [2.75, 3.05) is 6.61 Å². The highest BCUT2D eigenvalue weighted by Crippen LogP contribution is 2.44. The number of carboxylic acids is 1. The van der Waals surface area contributed by atoms with Crippen molar-refractivity contribution >= 4 is 33.6 Å². The Balaban J connectivity index is 1.92. The van der Waals surface area contributed by atoms with Gasteiger partial charge in [0.25, 0.3) is 0 Å². The molecule has 2 aromatic carbocycles. The fourth-order valence-corrected chi connectivity index (χ4v) is 4.94. The smallest absolute Gasteiger partial charge is 0.337 e. The number of nitrogens with zero attached hydrogens (tertiary/aromatic N) is 2. The molecule has 0 fully saturated rings. The minimum atomic E-state index is -1.22. The van der Waals surface area contributed by atoms with Gasteiger partial charge in [0.05, 0.1) is 23.2 Å². The van der Waals surface area contributed by atoms with E-state index >= 15 is 0 Å². The largest absolute Gasteiger partial charge is 0.493 e. The van der Waals surface area contributed by atoms with E-state index in [1.807, 2.05) is 58.0 Å². The number of carboxylic acid groups (broad SMARTS) is 1. The fraction of sp³-hybridized carbons (Fsp3) is 0.310. The van der Waals surface area contributed by atoms with E-state index in [-0.39, 0.29) is 5.78 Å². The van der Waals surface area contributed by atoms with Crippen LogP contribution >= 0.6 is 0 Å². The maximum absolute atomic E-state index is 12.6. The van der Waals surface area contributed by atoms with Crippen LogP contribution < -0.4 is 4.74 Å². The topological polar surface area (TPSA) is 98.6 Å². The first-order chi connectivity index (χ1) is 17.0. The molecule has 7 heteroatoms. The molecule has 0 amide bonds. The Morgan fingerprint density at radius 3 is 2.61 bits per heavy atom. The second kappa shape index (κ2) is 8.68. The molecule has 0 saturated heterocycles. The van der Waals surface area contributed by atoms with Crippen molar-refractivity contribution in [3.05, 3.63) is 65.0 Å². The van der Waals surface area contributed by atoms with Gasteiger partial charge in [0, 0.05) is 41.4 Å². The summed E-state index contributed by atoms with van der Waals surface area (Å²) in [5.41, 5.74) is 4.83. The van der Waals surface area contributed by atoms with Crippen molar-refractivity contribution in [3.63, 3.8) is 0 Å². The Bertz CT molecular complexity index is 1540. The number of Topliss-reactive ketones (excluding diaryl/α,β-unsaturated/α-hetero) is 1. The highest BCUT2D eigenvalue weighted by molar-refractivity contribution is 6.08. The van der Waals surface area contributed by atoms with Crippen LogP contribution in [0.15, 0.2) is 42.6 Å². The number of rotatable bonds is 5. The molecule has 0 saturated carbocycles. The SMILES string of the molecule is CC(=O)c1ccc2c(-c3ccc4c5c(ccnc35)CCO4)c([C@H](OC(C)(C)C)C(=O)O)c(C)cc2n1. The normalized spacial score (nSPS) is 14.0. The molecule has 1 aliphatic heterocycles. The molecule has 0 bridgehead atoms. The average molecular weight is 485 g/mol. The molecule has 1 atom stereocenters. The van der Waals surface area contributed by atoms with Crippen molar-refractivity contribution < 1.29 is 24.2 Å². The zero-order chi connectivity index (χ0) is 25.8. The summed E-state index contributed by atoms with van der Waals surface area (Å²) in [6.45, 7) is 9.43. The van der Waals surface area contributed by atoms with Gasteiger partial charge in [-0.15, -0.1) is 0 Å². The van der Waals surface area contributed by atoms with Crippen LogP contribution in [0.2, 0.25) is 0 Å². The van der Waals surface area contributed by atoms with Crippen LogP contribution in [0.4, 0.5) is 0 Å². The summed E-state index contributed by atoms with van der Waals surface area (Å²) in [5, 5.41) is 12.0. The number of carbonyl (C=O) groups excluding carboxylic acids is 1. The number of aromatic nitrogens is 2. The first-order valence-electron chi connectivity index (χ1n) is 11.9. The molecule has 1 aliphatic rings. The summed E-state index contributed by atoms with van der Waals surface area (Å²) in [6.07, 6.45) is 1.32. The van der Waals surface area contributed by atoms with Crippen molar-refractivity contribution in [3.8, 4) is 16.9 Å². The molecule has 0 aliphatic carbocycles. The van der Waals surface area contributed by atoms with Gasteiger partial charge < -0.3 is 14.6 Å². The van der Waals surface area contributed by atoms with Gasteiger partial charge in [-0.2, -0.15) is 0 Å². The molecule has 0 spiro atoms. The lowest BCUT2D eigenvalue weighted by Crippen LogP contribution is -2.28. The number of pyridine rings is 2. The summed E-state index contributed by atoms with van der Waals surface area (Å²) < 4.78 is 12.0. The Morgan fingerprint density at radius 2 is 1.92 bits per heavy atom. The molecule has 2 aromatic heterocycles. The molecule has 5 rings (SSSR count). The molecular weight excluding hydrogens is 456 g/mol. The monoisotopic (exact) mass is 484 g/mol. The molecule has 4 aromatic rings. The summed E-state index contributed by atoms with van der Waals surface area (Å²) in [7, 11) is 0. The van der Waals surface area contributed by atoms with E-state index in [2.05, 4.69) is 4.98 Å². The van der Waals surface area contributed by atoms with E-state index in [0.29, 0.717) is 34.5 Å².